The predicted octanol–water partition coefficient (Wildman–Crippen LogP) is 4.27. The molecule has 1 aliphatic heterocycles. The van der Waals surface area contributed by atoms with Gasteiger partial charge in [-0.05, 0) is 32.0 Å². The summed E-state index contributed by atoms with van der Waals surface area (Å²) in [4.78, 5) is 4.68. The van der Waals surface area contributed by atoms with Crippen LogP contribution in [0.1, 0.15) is 45.7 Å². The number of nitrogens with zero attached hydrogens (tertiary/aromatic N) is 1. The van der Waals surface area contributed by atoms with Gasteiger partial charge in [-0.15, -0.1) is 0 Å². The zero-order chi connectivity index (χ0) is 15.7. The summed E-state index contributed by atoms with van der Waals surface area (Å²) in [7, 11) is -1.44. The molecule has 1 heterocycles. The zero-order valence-corrected chi connectivity index (χ0v) is 15.4. The molecule has 0 atom stereocenters. The van der Waals surface area contributed by atoms with Crippen LogP contribution in [-0.2, 0) is 4.74 Å². The molecule has 0 spiro atoms. The van der Waals surface area contributed by atoms with Crippen molar-refractivity contribution < 1.29 is 4.74 Å². The van der Waals surface area contributed by atoms with Crippen LogP contribution in [0.4, 0.5) is 0 Å². The molecule has 0 radical (unpaired) electrons. The zero-order valence-electron chi connectivity index (χ0n) is 14.4. The molecule has 0 amide bonds. The Morgan fingerprint density at radius 3 is 2.24 bits per heavy atom. The van der Waals surface area contributed by atoms with Gasteiger partial charge in [0.05, 0.1) is 14.6 Å². The van der Waals surface area contributed by atoms with Crippen LogP contribution < -0.4 is 5.19 Å². The summed E-state index contributed by atoms with van der Waals surface area (Å²) in [5, 5.41) is 1.55. The lowest BCUT2D eigenvalue weighted by molar-refractivity contribution is 0.131. The Hall–Kier alpha value is -1.09. The van der Waals surface area contributed by atoms with E-state index in [4.69, 9.17) is 4.74 Å². The third-order valence-electron chi connectivity index (χ3n) is 4.98. The average Bonchev–Trinajstić information content (AvgIpc) is 2.82. The minimum atomic E-state index is -1.44. The summed E-state index contributed by atoms with van der Waals surface area (Å²) in [5.74, 6) is 0.863. The van der Waals surface area contributed by atoms with E-state index in [1.807, 2.05) is 0 Å². The fraction of sp³-hybridized carbons (Fsp3) is 0.611. The highest BCUT2D eigenvalue weighted by molar-refractivity contribution is 6.92. The van der Waals surface area contributed by atoms with Gasteiger partial charge in [0.2, 0.25) is 5.90 Å². The molecule has 0 fully saturated rings. The van der Waals surface area contributed by atoms with Gasteiger partial charge >= 0.3 is 0 Å². The quantitative estimate of drug-likeness (QED) is 0.745. The Morgan fingerprint density at radius 2 is 1.76 bits per heavy atom. The highest BCUT2D eigenvalue weighted by Crippen LogP contribution is 2.26. The summed E-state index contributed by atoms with van der Waals surface area (Å²) in [5.41, 5.74) is 2.44. The van der Waals surface area contributed by atoms with E-state index in [1.165, 1.54) is 29.3 Å². The standard InChI is InChI=1S/C18H29NOSi/c1-7-21(8-2,9-3)16-12-14(4)10-11-15(16)17-19-13-18(5,6)20-17/h10-12H,7-9,13H2,1-6H3. The maximum atomic E-state index is 6.12. The van der Waals surface area contributed by atoms with Crippen LogP contribution in [0, 0.1) is 6.92 Å². The van der Waals surface area contributed by atoms with Crippen LogP contribution in [-0.4, -0.2) is 26.1 Å². The second-order valence-electron chi connectivity index (χ2n) is 6.87. The number of ether oxygens (including phenoxy) is 1. The fourth-order valence-corrected chi connectivity index (χ4v) is 7.27. The molecule has 2 rings (SSSR count). The fourth-order valence-electron chi connectivity index (χ4n) is 3.33. The topological polar surface area (TPSA) is 21.6 Å². The molecule has 0 saturated carbocycles. The largest absolute Gasteiger partial charge is 0.469 e. The van der Waals surface area contributed by atoms with Gasteiger partial charge in [-0.25, -0.2) is 4.99 Å². The number of rotatable bonds is 5. The molecule has 0 bridgehead atoms. The van der Waals surface area contributed by atoms with E-state index in [0.717, 1.165) is 12.4 Å². The van der Waals surface area contributed by atoms with Crippen molar-refractivity contribution in [2.75, 3.05) is 6.54 Å². The van der Waals surface area contributed by atoms with Gasteiger partial charge in [0, 0.05) is 5.56 Å². The van der Waals surface area contributed by atoms with Crippen molar-refractivity contribution in [3.05, 3.63) is 29.3 Å². The predicted molar refractivity (Wildman–Crippen MR) is 94.6 cm³/mol. The molecule has 0 unspecified atom stereocenters. The third-order valence-corrected chi connectivity index (χ3v) is 10.6. The average molecular weight is 304 g/mol. The van der Waals surface area contributed by atoms with E-state index in [-0.39, 0.29) is 5.60 Å². The Kier molecular flexibility index (Phi) is 4.62. The lowest BCUT2D eigenvalue weighted by atomic mass is 10.1. The van der Waals surface area contributed by atoms with Gasteiger partial charge in [0.25, 0.3) is 0 Å². The Labute approximate surface area is 130 Å². The second kappa shape index (κ2) is 5.96. The van der Waals surface area contributed by atoms with Crippen LogP contribution in [0.3, 0.4) is 0 Å². The van der Waals surface area contributed by atoms with Gasteiger partial charge in [-0.3, -0.25) is 0 Å². The summed E-state index contributed by atoms with van der Waals surface area (Å²) in [6.07, 6.45) is 0. The van der Waals surface area contributed by atoms with Gasteiger partial charge in [0.15, 0.2) is 0 Å². The minimum Gasteiger partial charge on any atom is -0.469 e. The van der Waals surface area contributed by atoms with Gasteiger partial charge < -0.3 is 4.74 Å². The van der Waals surface area contributed by atoms with Gasteiger partial charge in [-0.1, -0.05) is 56.6 Å². The molecular weight excluding hydrogens is 274 g/mol. The first-order chi connectivity index (χ1) is 9.87. The van der Waals surface area contributed by atoms with Gasteiger partial charge in [0.1, 0.15) is 5.60 Å². The summed E-state index contributed by atoms with van der Waals surface area (Å²) < 4.78 is 6.12. The van der Waals surface area contributed by atoms with E-state index in [0.29, 0.717) is 0 Å². The lowest BCUT2D eigenvalue weighted by Gasteiger charge is -2.31. The SMILES string of the molecule is CC[Si](CC)(CC)c1cc(C)ccc1C1=NCC(C)(C)O1. The maximum Gasteiger partial charge on any atom is 0.216 e. The number of aliphatic imine (C=N–C) groups is 1. The van der Waals surface area contributed by atoms with Crippen molar-refractivity contribution in [2.45, 2.75) is 65.3 Å². The number of aryl methyl sites for hydroxylation is 1. The Morgan fingerprint density at radius 1 is 1.14 bits per heavy atom. The molecule has 116 valence electrons. The molecule has 2 nitrogen and oxygen atoms in total. The van der Waals surface area contributed by atoms with E-state index in [9.17, 15) is 0 Å². The number of hydrogen-bond donors (Lipinski definition) is 0. The van der Waals surface area contributed by atoms with Gasteiger partial charge in [-0.2, -0.15) is 0 Å². The van der Waals surface area contributed by atoms with Crippen LogP contribution in [0.25, 0.3) is 0 Å². The summed E-state index contributed by atoms with van der Waals surface area (Å²) >= 11 is 0. The molecule has 0 aliphatic carbocycles. The molecule has 0 N–H and O–H groups in total. The smallest absolute Gasteiger partial charge is 0.216 e. The molecule has 1 aliphatic rings. The van der Waals surface area contributed by atoms with Crippen LogP contribution in [0.2, 0.25) is 18.1 Å². The van der Waals surface area contributed by atoms with Crippen molar-refractivity contribution in [3.8, 4) is 0 Å². The van der Waals surface area contributed by atoms with E-state index in [1.54, 1.807) is 5.19 Å². The molecule has 0 aromatic heterocycles. The van der Waals surface area contributed by atoms with Crippen molar-refractivity contribution in [1.29, 1.82) is 0 Å². The molecule has 1 aromatic rings. The monoisotopic (exact) mass is 303 g/mol. The molecular formula is C18H29NOSi. The first-order valence-electron chi connectivity index (χ1n) is 8.22. The lowest BCUT2D eigenvalue weighted by Crippen LogP contribution is -2.48. The minimum absolute atomic E-state index is 0.160. The highest BCUT2D eigenvalue weighted by Gasteiger charge is 2.35. The van der Waals surface area contributed by atoms with E-state index in [2.05, 4.69) is 64.7 Å². The molecule has 0 saturated heterocycles. The maximum absolute atomic E-state index is 6.12. The Balaban J connectivity index is 2.53. The third kappa shape index (κ3) is 3.08. The molecule has 21 heavy (non-hydrogen) atoms. The molecule has 1 aromatic carbocycles. The molecule has 3 heteroatoms. The van der Waals surface area contributed by atoms with Crippen molar-refractivity contribution in [3.63, 3.8) is 0 Å². The number of benzene rings is 1. The van der Waals surface area contributed by atoms with Crippen molar-refractivity contribution in [2.24, 2.45) is 4.99 Å². The Bertz CT molecular complexity index is 536. The van der Waals surface area contributed by atoms with E-state index >= 15 is 0 Å². The van der Waals surface area contributed by atoms with Crippen molar-refractivity contribution in [1.82, 2.24) is 0 Å². The van der Waals surface area contributed by atoms with E-state index < -0.39 is 8.07 Å². The van der Waals surface area contributed by atoms with Crippen LogP contribution in [0.15, 0.2) is 23.2 Å². The van der Waals surface area contributed by atoms with Crippen LogP contribution >= 0.6 is 0 Å². The van der Waals surface area contributed by atoms with Crippen LogP contribution in [0.5, 0.6) is 0 Å². The summed E-state index contributed by atoms with van der Waals surface area (Å²) in [6.45, 7) is 14.2. The second-order valence-corrected chi connectivity index (χ2v) is 12.1. The number of hydrogen-bond acceptors (Lipinski definition) is 2. The normalized spacial score (nSPS) is 17.5. The first kappa shape index (κ1) is 16.3. The first-order valence-corrected chi connectivity index (χ1v) is 10.8. The highest BCUT2D eigenvalue weighted by atomic mass is 28.3. The summed E-state index contributed by atoms with van der Waals surface area (Å²) in [6, 6.07) is 10.7. The van der Waals surface area contributed by atoms with Crippen molar-refractivity contribution >= 4 is 19.2 Å².